The molecule has 0 atom stereocenters. The van der Waals surface area contributed by atoms with Crippen molar-refractivity contribution in [3.8, 4) is 0 Å². The summed E-state index contributed by atoms with van der Waals surface area (Å²) in [7, 11) is 0. The Kier molecular flexibility index (Phi) is 4.75. The molecule has 2 rings (SSSR count). The molecule has 98 valence electrons. The van der Waals surface area contributed by atoms with Crippen molar-refractivity contribution in [1.29, 1.82) is 0 Å². The smallest absolute Gasteiger partial charge is 0.335 e. The normalized spacial score (nSPS) is 10.4. The van der Waals surface area contributed by atoms with Gasteiger partial charge in [-0.1, -0.05) is 29.3 Å². The molecule has 0 amide bonds. The molecule has 0 fully saturated rings. The van der Waals surface area contributed by atoms with E-state index in [9.17, 15) is 4.79 Å². The molecule has 0 saturated heterocycles. The molecule has 19 heavy (non-hydrogen) atoms. The molecule has 5 heteroatoms. The van der Waals surface area contributed by atoms with Crippen molar-refractivity contribution in [2.75, 3.05) is 0 Å². The van der Waals surface area contributed by atoms with Gasteiger partial charge < -0.3 is 5.11 Å². The van der Waals surface area contributed by atoms with Gasteiger partial charge in [-0.15, -0.1) is 11.8 Å². The minimum Gasteiger partial charge on any atom is -0.478 e. The summed E-state index contributed by atoms with van der Waals surface area (Å²) in [4.78, 5) is 11.7. The molecule has 0 saturated carbocycles. The van der Waals surface area contributed by atoms with E-state index in [2.05, 4.69) is 0 Å². The Balaban J connectivity index is 2.04. The van der Waals surface area contributed by atoms with E-state index in [1.165, 1.54) is 0 Å². The fourth-order valence-electron chi connectivity index (χ4n) is 1.49. The quantitative estimate of drug-likeness (QED) is 0.809. The Morgan fingerprint density at radius 3 is 2.37 bits per heavy atom. The van der Waals surface area contributed by atoms with Crippen LogP contribution in [0.2, 0.25) is 10.0 Å². The number of carbonyl (C=O) groups is 1. The van der Waals surface area contributed by atoms with Crippen molar-refractivity contribution < 1.29 is 9.90 Å². The average Bonchev–Trinajstić information content (AvgIpc) is 2.38. The summed E-state index contributed by atoms with van der Waals surface area (Å²) in [6.45, 7) is 0. The number of thioether (sulfide) groups is 1. The van der Waals surface area contributed by atoms with Gasteiger partial charge in [0.05, 0.1) is 5.56 Å². The van der Waals surface area contributed by atoms with Gasteiger partial charge >= 0.3 is 5.97 Å². The van der Waals surface area contributed by atoms with E-state index in [1.54, 1.807) is 48.2 Å². The number of rotatable bonds is 4. The summed E-state index contributed by atoms with van der Waals surface area (Å²) in [5.74, 6) is -0.208. The third-order valence-electron chi connectivity index (χ3n) is 2.51. The minimum atomic E-state index is -0.919. The second-order valence-electron chi connectivity index (χ2n) is 3.85. The second-order valence-corrected chi connectivity index (χ2v) is 5.75. The van der Waals surface area contributed by atoms with Gasteiger partial charge in [0.25, 0.3) is 0 Å². The summed E-state index contributed by atoms with van der Waals surface area (Å²) in [5.41, 5.74) is 1.28. The first kappa shape index (κ1) is 14.3. The SMILES string of the molecule is O=C(O)c1ccc(SCc2ccc(Cl)cc2Cl)cc1. The molecular weight excluding hydrogens is 303 g/mol. The van der Waals surface area contributed by atoms with E-state index in [0.717, 1.165) is 10.5 Å². The number of carboxylic acids is 1. The first-order valence-corrected chi connectivity index (χ1v) is 7.20. The number of hydrogen-bond donors (Lipinski definition) is 1. The predicted octanol–water partition coefficient (Wildman–Crippen LogP) is 4.98. The lowest BCUT2D eigenvalue weighted by Crippen LogP contribution is -1.94. The molecule has 0 unspecified atom stereocenters. The van der Waals surface area contributed by atoms with Crippen LogP contribution >= 0.6 is 35.0 Å². The van der Waals surface area contributed by atoms with E-state index < -0.39 is 5.97 Å². The third kappa shape index (κ3) is 3.90. The van der Waals surface area contributed by atoms with Crippen molar-refractivity contribution in [2.45, 2.75) is 10.6 Å². The number of halogens is 2. The highest BCUT2D eigenvalue weighted by Gasteiger charge is 2.04. The van der Waals surface area contributed by atoms with Crippen LogP contribution in [0.5, 0.6) is 0 Å². The van der Waals surface area contributed by atoms with Gasteiger partial charge in [0.15, 0.2) is 0 Å². The van der Waals surface area contributed by atoms with Gasteiger partial charge in [-0.05, 0) is 42.0 Å². The molecule has 0 radical (unpaired) electrons. The molecular formula is C14H10Cl2O2S. The molecule has 2 aromatic rings. The summed E-state index contributed by atoms with van der Waals surface area (Å²) in [5, 5.41) is 10.1. The Morgan fingerprint density at radius 1 is 1.11 bits per heavy atom. The van der Waals surface area contributed by atoms with Crippen molar-refractivity contribution in [3.63, 3.8) is 0 Å². The lowest BCUT2D eigenvalue weighted by Gasteiger charge is -2.05. The number of carboxylic acid groups (broad SMARTS) is 1. The van der Waals surface area contributed by atoms with E-state index in [0.29, 0.717) is 15.8 Å². The van der Waals surface area contributed by atoms with Crippen molar-refractivity contribution in [3.05, 3.63) is 63.6 Å². The van der Waals surface area contributed by atoms with Gasteiger partial charge in [-0.25, -0.2) is 4.79 Å². The highest BCUT2D eigenvalue weighted by atomic mass is 35.5. The van der Waals surface area contributed by atoms with Gasteiger partial charge in [-0.2, -0.15) is 0 Å². The lowest BCUT2D eigenvalue weighted by atomic mass is 10.2. The number of aromatic carboxylic acids is 1. The molecule has 2 aromatic carbocycles. The third-order valence-corrected chi connectivity index (χ3v) is 4.16. The standard InChI is InChI=1S/C14H10Cl2O2S/c15-11-4-1-10(13(16)7-11)8-19-12-5-2-9(3-6-12)14(17)18/h1-7H,8H2,(H,17,18). The minimum absolute atomic E-state index is 0.286. The first-order valence-electron chi connectivity index (χ1n) is 5.46. The molecule has 0 aliphatic rings. The molecule has 0 aliphatic carbocycles. The zero-order chi connectivity index (χ0) is 13.8. The first-order chi connectivity index (χ1) is 9.06. The van der Waals surface area contributed by atoms with Crippen LogP contribution < -0.4 is 0 Å². The predicted molar refractivity (Wildman–Crippen MR) is 79.4 cm³/mol. The van der Waals surface area contributed by atoms with Crippen LogP contribution in [0.15, 0.2) is 47.4 Å². The zero-order valence-electron chi connectivity index (χ0n) is 9.77. The summed E-state index contributed by atoms with van der Waals surface area (Å²) < 4.78 is 0. The van der Waals surface area contributed by atoms with Crippen molar-refractivity contribution in [2.24, 2.45) is 0 Å². The maximum Gasteiger partial charge on any atom is 0.335 e. The van der Waals surface area contributed by atoms with Crippen LogP contribution in [-0.4, -0.2) is 11.1 Å². The van der Waals surface area contributed by atoms with E-state index in [4.69, 9.17) is 28.3 Å². The monoisotopic (exact) mass is 312 g/mol. The largest absolute Gasteiger partial charge is 0.478 e. The van der Waals surface area contributed by atoms with Gasteiger partial charge in [0.1, 0.15) is 0 Å². The van der Waals surface area contributed by atoms with Crippen molar-refractivity contribution in [1.82, 2.24) is 0 Å². The Bertz CT molecular complexity index is 597. The fraction of sp³-hybridized carbons (Fsp3) is 0.0714. The molecule has 0 aliphatic heterocycles. The Hall–Kier alpha value is -1.16. The maximum atomic E-state index is 10.7. The number of benzene rings is 2. The van der Waals surface area contributed by atoms with Crippen LogP contribution in [0.4, 0.5) is 0 Å². The molecule has 2 nitrogen and oxygen atoms in total. The zero-order valence-corrected chi connectivity index (χ0v) is 12.1. The van der Waals surface area contributed by atoms with Gasteiger partial charge in [0.2, 0.25) is 0 Å². The second kappa shape index (κ2) is 6.33. The fourth-order valence-corrected chi connectivity index (χ4v) is 2.95. The maximum absolute atomic E-state index is 10.7. The number of hydrogen-bond acceptors (Lipinski definition) is 2. The summed E-state index contributed by atoms with van der Waals surface area (Å²) >= 11 is 13.5. The summed E-state index contributed by atoms with van der Waals surface area (Å²) in [6, 6.07) is 12.2. The van der Waals surface area contributed by atoms with Gasteiger partial charge in [-0.3, -0.25) is 0 Å². The van der Waals surface area contributed by atoms with Crippen LogP contribution in [-0.2, 0) is 5.75 Å². The summed E-state index contributed by atoms with van der Waals surface area (Å²) in [6.07, 6.45) is 0. The average molecular weight is 313 g/mol. The van der Waals surface area contributed by atoms with E-state index in [1.807, 2.05) is 6.07 Å². The van der Waals surface area contributed by atoms with E-state index in [-0.39, 0.29) is 5.56 Å². The van der Waals surface area contributed by atoms with E-state index >= 15 is 0 Å². The topological polar surface area (TPSA) is 37.3 Å². The molecule has 1 N–H and O–H groups in total. The van der Waals surface area contributed by atoms with Gasteiger partial charge in [0, 0.05) is 20.7 Å². The molecule has 0 bridgehead atoms. The van der Waals surface area contributed by atoms with Crippen LogP contribution in [0.25, 0.3) is 0 Å². The Morgan fingerprint density at radius 2 is 1.79 bits per heavy atom. The highest BCUT2D eigenvalue weighted by molar-refractivity contribution is 7.98. The lowest BCUT2D eigenvalue weighted by molar-refractivity contribution is 0.0697. The van der Waals surface area contributed by atoms with Crippen LogP contribution in [0.1, 0.15) is 15.9 Å². The highest BCUT2D eigenvalue weighted by Crippen LogP contribution is 2.28. The van der Waals surface area contributed by atoms with Crippen LogP contribution in [0, 0.1) is 0 Å². The molecule has 0 aromatic heterocycles. The van der Waals surface area contributed by atoms with Crippen LogP contribution in [0.3, 0.4) is 0 Å². The Labute approximate surface area is 125 Å². The molecule has 0 spiro atoms. The van der Waals surface area contributed by atoms with Crippen molar-refractivity contribution >= 4 is 40.9 Å². The molecule has 0 heterocycles.